The molecule has 6 heteroatoms. The number of phenolic OH excluding ortho intramolecular Hbond substituents is 1. The molecule has 0 heterocycles. The molecule has 0 radical (unpaired) electrons. The minimum absolute atomic E-state index is 0.130. The molecule has 158 valence electrons. The topological polar surface area (TPSA) is 76.1 Å². The normalized spacial score (nSPS) is 10.0. The number of benzene rings is 1. The Labute approximate surface area is 165 Å². The van der Waals surface area contributed by atoms with Crippen molar-refractivity contribution in [1.82, 2.24) is 4.90 Å². The van der Waals surface area contributed by atoms with Crippen LogP contribution in [0.25, 0.3) is 0 Å². The van der Waals surface area contributed by atoms with Crippen molar-refractivity contribution in [3.05, 3.63) is 23.8 Å². The lowest BCUT2D eigenvalue weighted by molar-refractivity contribution is -0.143. The maximum atomic E-state index is 9.82. The van der Waals surface area contributed by atoms with E-state index in [9.17, 15) is 14.7 Å². The van der Waals surface area contributed by atoms with Crippen LogP contribution in [0.4, 0.5) is 0 Å². The van der Waals surface area contributed by atoms with Gasteiger partial charge in [-0.2, -0.15) is 0 Å². The summed E-state index contributed by atoms with van der Waals surface area (Å²) in [5.41, 5.74) is 1.14. The minimum Gasteiger partial charge on any atom is -0.504 e. The van der Waals surface area contributed by atoms with Crippen LogP contribution in [0.2, 0.25) is 0 Å². The van der Waals surface area contributed by atoms with Gasteiger partial charge in [0.1, 0.15) is 6.61 Å². The van der Waals surface area contributed by atoms with Crippen LogP contribution in [0, 0.1) is 0 Å². The summed E-state index contributed by atoms with van der Waals surface area (Å²) in [5, 5.41) is 9.69. The lowest BCUT2D eigenvalue weighted by atomic mass is 10.0. The van der Waals surface area contributed by atoms with E-state index in [1.807, 2.05) is 39.8 Å². The van der Waals surface area contributed by atoms with Crippen molar-refractivity contribution in [1.29, 1.82) is 0 Å². The number of methoxy groups -OCH3 is 1. The smallest absolute Gasteiger partial charge is 0.303 e. The van der Waals surface area contributed by atoms with Gasteiger partial charge in [0, 0.05) is 13.5 Å². The summed E-state index contributed by atoms with van der Waals surface area (Å²) in [6, 6.07) is 5.60. The van der Waals surface area contributed by atoms with Gasteiger partial charge in [0.2, 0.25) is 0 Å². The van der Waals surface area contributed by atoms with Gasteiger partial charge in [-0.05, 0) is 37.2 Å². The molecule has 0 fully saturated rings. The summed E-state index contributed by atoms with van der Waals surface area (Å²) in [7, 11) is 3.66. The molecule has 1 unspecified atom stereocenters. The summed E-state index contributed by atoms with van der Waals surface area (Å²) in [6.07, 6.45) is 0.529. The molecule has 0 saturated heterocycles. The summed E-state index contributed by atoms with van der Waals surface area (Å²) < 4.78 is 9.21. The molecule has 0 aliphatic rings. The number of aromatic hydroxyl groups is 1. The molecule has 0 amide bonds. The fourth-order valence-corrected chi connectivity index (χ4v) is 1.87. The zero-order valence-electron chi connectivity index (χ0n) is 18.5. The van der Waals surface area contributed by atoms with Gasteiger partial charge in [0.05, 0.1) is 7.11 Å². The molecular formula is C21H39NO5. The first-order chi connectivity index (χ1) is 12.8. The molecule has 1 rings (SSSR count). The van der Waals surface area contributed by atoms with E-state index in [-0.39, 0.29) is 12.4 Å². The van der Waals surface area contributed by atoms with Gasteiger partial charge in [-0.25, -0.2) is 0 Å². The summed E-state index contributed by atoms with van der Waals surface area (Å²) in [6.45, 7) is 15.4. The first kappa shape index (κ1) is 29.7. The van der Waals surface area contributed by atoms with Crippen molar-refractivity contribution >= 4 is 12.3 Å². The fourth-order valence-electron chi connectivity index (χ4n) is 1.87. The molecule has 6 nitrogen and oxygen atoms in total. The van der Waals surface area contributed by atoms with Crippen LogP contribution in [0.3, 0.4) is 0 Å². The Hall–Kier alpha value is -2.08. The molecule has 0 bridgehead atoms. The van der Waals surface area contributed by atoms with Crippen molar-refractivity contribution in [2.45, 2.75) is 54.4 Å². The molecule has 27 heavy (non-hydrogen) atoms. The van der Waals surface area contributed by atoms with E-state index >= 15 is 0 Å². The van der Waals surface area contributed by atoms with Gasteiger partial charge in [-0.15, -0.1) is 0 Å². The Bertz CT molecular complexity index is 491. The molecular weight excluding hydrogens is 346 g/mol. The quantitative estimate of drug-likeness (QED) is 0.558. The number of nitrogens with zero attached hydrogens (tertiary/aromatic N) is 1. The number of carbonyl (C=O) groups excluding carboxylic acids is 2. The number of carbonyl (C=O) groups is 2. The van der Waals surface area contributed by atoms with E-state index in [1.165, 1.54) is 6.92 Å². The molecule has 1 atom stereocenters. The third kappa shape index (κ3) is 15.9. The van der Waals surface area contributed by atoms with Crippen LogP contribution in [0.15, 0.2) is 18.2 Å². The number of phenols is 1. The van der Waals surface area contributed by atoms with Crippen molar-refractivity contribution < 1.29 is 24.2 Å². The predicted octanol–water partition coefficient (Wildman–Crippen LogP) is 4.26. The Balaban J connectivity index is -0.000000440. The second kappa shape index (κ2) is 20.2. The lowest BCUT2D eigenvalue weighted by Crippen LogP contribution is -2.22. The first-order valence-corrected chi connectivity index (χ1v) is 9.48. The number of likely N-dealkylation sites (N-methyl/N-ethyl adjacent to an activating group) is 1. The van der Waals surface area contributed by atoms with E-state index in [0.29, 0.717) is 18.0 Å². The summed E-state index contributed by atoms with van der Waals surface area (Å²) >= 11 is 0. The third-order valence-corrected chi connectivity index (χ3v) is 3.25. The van der Waals surface area contributed by atoms with E-state index in [2.05, 4.69) is 30.5 Å². The number of ether oxygens (including phenoxy) is 2. The van der Waals surface area contributed by atoms with Gasteiger partial charge in [0.25, 0.3) is 0 Å². The molecule has 0 saturated carbocycles. The Kier molecular flexibility index (Phi) is 22.2. The van der Waals surface area contributed by atoms with Crippen molar-refractivity contribution in [3.8, 4) is 11.5 Å². The van der Waals surface area contributed by atoms with Crippen LogP contribution in [-0.4, -0.2) is 56.1 Å². The Morgan fingerprint density at radius 2 is 1.81 bits per heavy atom. The zero-order valence-corrected chi connectivity index (χ0v) is 18.5. The molecule has 1 aromatic rings. The fraction of sp³-hybridized carbons (Fsp3) is 0.619. The predicted molar refractivity (Wildman–Crippen MR) is 112 cm³/mol. The van der Waals surface area contributed by atoms with Crippen LogP contribution in [-0.2, 0) is 14.3 Å². The molecule has 1 aromatic carbocycles. The Morgan fingerprint density at radius 3 is 2.15 bits per heavy atom. The highest BCUT2D eigenvalue weighted by Gasteiger charge is 2.10. The second-order valence-corrected chi connectivity index (χ2v) is 5.16. The highest BCUT2D eigenvalue weighted by atomic mass is 16.5. The lowest BCUT2D eigenvalue weighted by Gasteiger charge is -2.20. The average Bonchev–Trinajstić information content (AvgIpc) is 2.69. The standard InChI is InChI=1S/C13H21NO2.C4H6O3.2C2H6/c1-5-14(3)9-10(2)11-6-7-13(16-4)12(15)8-11;1-4(6)7-3-2-5;2*1-2/h6-8,10,15H,5,9H2,1-4H3;2H,3H2,1H3;2*1-2H3. The maximum Gasteiger partial charge on any atom is 0.303 e. The monoisotopic (exact) mass is 385 g/mol. The van der Waals surface area contributed by atoms with Gasteiger partial charge < -0.3 is 19.5 Å². The first-order valence-electron chi connectivity index (χ1n) is 9.48. The van der Waals surface area contributed by atoms with Crippen molar-refractivity contribution in [2.24, 2.45) is 0 Å². The number of hydrogen-bond donors (Lipinski definition) is 1. The van der Waals surface area contributed by atoms with Crippen molar-refractivity contribution in [2.75, 3.05) is 33.9 Å². The number of esters is 1. The van der Waals surface area contributed by atoms with Crippen LogP contribution >= 0.6 is 0 Å². The molecule has 0 spiro atoms. The zero-order chi connectivity index (χ0) is 21.8. The maximum absolute atomic E-state index is 9.82. The SMILES string of the molecule is CC.CC.CC(=O)OCC=O.CCN(C)CC(C)c1ccc(OC)c(O)c1. The number of aldehydes is 1. The van der Waals surface area contributed by atoms with E-state index in [4.69, 9.17) is 4.74 Å². The Morgan fingerprint density at radius 1 is 1.26 bits per heavy atom. The van der Waals surface area contributed by atoms with Crippen LogP contribution < -0.4 is 4.74 Å². The minimum atomic E-state index is -0.424. The third-order valence-electron chi connectivity index (χ3n) is 3.25. The number of hydrogen-bond acceptors (Lipinski definition) is 6. The van der Waals surface area contributed by atoms with E-state index in [0.717, 1.165) is 18.7 Å². The van der Waals surface area contributed by atoms with Gasteiger partial charge in [0.15, 0.2) is 17.8 Å². The van der Waals surface area contributed by atoms with Gasteiger partial charge in [-0.1, -0.05) is 47.6 Å². The van der Waals surface area contributed by atoms with Gasteiger partial charge >= 0.3 is 5.97 Å². The van der Waals surface area contributed by atoms with Gasteiger partial charge in [-0.3, -0.25) is 9.59 Å². The highest BCUT2D eigenvalue weighted by molar-refractivity contribution is 5.68. The van der Waals surface area contributed by atoms with Crippen LogP contribution in [0.1, 0.15) is 59.9 Å². The molecule has 1 N–H and O–H groups in total. The van der Waals surface area contributed by atoms with E-state index in [1.54, 1.807) is 13.2 Å². The summed E-state index contributed by atoms with van der Waals surface area (Å²) in [5.74, 6) is 0.722. The van der Waals surface area contributed by atoms with Crippen molar-refractivity contribution in [3.63, 3.8) is 0 Å². The molecule has 0 aliphatic heterocycles. The highest BCUT2D eigenvalue weighted by Crippen LogP contribution is 2.29. The molecule has 0 aromatic heterocycles. The second-order valence-electron chi connectivity index (χ2n) is 5.16. The van der Waals surface area contributed by atoms with E-state index < -0.39 is 5.97 Å². The van der Waals surface area contributed by atoms with Crippen LogP contribution in [0.5, 0.6) is 11.5 Å². The number of rotatable bonds is 7. The largest absolute Gasteiger partial charge is 0.504 e. The average molecular weight is 386 g/mol. The molecule has 0 aliphatic carbocycles. The summed E-state index contributed by atoms with van der Waals surface area (Å²) in [4.78, 5) is 21.5.